The van der Waals surface area contributed by atoms with Gasteiger partial charge in [0.15, 0.2) is 10.9 Å². The molecule has 0 spiro atoms. The van der Waals surface area contributed by atoms with E-state index >= 15 is 0 Å². The number of carbonyl (C=O) groups excluding carboxylic acids is 1. The van der Waals surface area contributed by atoms with Gasteiger partial charge in [-0.1, -0.05) is 23.2 Å². The lowest BCUT2D eigenvalue weighted by Crippen LogP contribution is -2.34. The molecule has 2 aromatic carbocycles. The number of ether oxygens (including phenoxy) is 2. The number of rotatable bonds is 7. The summed E-state index contributed by atoms with van der Waals surface area (Å²) >= 11 is 5.20. The van der Waals surface area contributed by atoms with Gasteiger partial charge in [0.2, 0.25) is 5.88 Å². The third-order valence-corrected chi connectivity index (χ3v) is 6.31. The minimum atomic E-state index is -3.95. The van der Waals surface area contributed by atoms with Crippen molar-refractivity contribution in [2.45, 2.75) is 11.8 Å². The standard InChI is InChI=1S/C21H22BN5O5S2/c1-12-4-5-13(10-16(12)22)19(28)26-21(33)23-14-6-8-15(9-7-14)34(29,30)27-17-11-18(31-2)25-20(24-17)32-3/h4-11H,22H2,1-3H3,(H,24,25,27)(H2,23,26,28,33). The Morgan fingerprint density at radius 2 is 1.74 bits per heavy atom. The smallest absolute Gasteiger partial charge is 0.321 e. The molecule has 3 N–H and O–H groups in total. The Hall–Kier alpha value is -3.71. The third-order valence-electron chi connectivity index (χ3n) is 4.73. The zero-order chi connectivity index (χ0) is 24.9. The van der Waals surface area contributed by atoms with Crippen LogP contribution in [0, 0.1) is 6.92 Å². The lowest BCUT2D eigenvalue weighted by molar-refractivity contribution is 0.0978. The number of methoxy groups -OCH3 is 2. The van der Waals surface area contributed by atoms with Crippen molar-refractivity contribution >= 4 is 58.1 Å². The van der Waals surface area contributed by atoms with Gasteiger partial charge in [-0.2, -0.15) is 9.97 Å². The number of aromatic nitrogens is 2. The first-order chi connectivity index (χ1) is 16.1. The maximum absolute atomic E-state index is 12.7. The van der Waals surface area contributed by atoms with Crippen molar-refractivity contribution in [1.29, 1.82) is 0 Å². The van der Waals surface area contributed by atoms with Gasteiger partial charge in [-0.15, -0.1) is 0 Å². The van der Waals surface area contributed by atoms with Crippen molar-refractivity contribution in [3.63, 3.8) is 0 Å². The van der Waals surface area contributed by atoms with Crippen molar-refractivity contribution < 1.29 is 22.7 Å². The summed E-state index contributed by atoms with van der Waals surface area (Å²) in [5, 5.41) is 5.54. The van der Waals surface area contributed by atoms with E-state index in [9.17, 15) is 13.2 Å². The van der Waals surface area contributed by atoms with Crippen LogP contribution in [0.2, 0.25) is 0 Å². The van der Waals surface area contributed by atoms with E-state index in [2.05, 4.69) is 25.3 Å². The molecule has 176 valence electrons. The number of hydrogen-bond donors (Lipinski definition) is 3. The van der Waals surface area contributed by atoms with Crippen LogP contribution < -0.4 is 30.3 Å². The van der Waals surface area contributed by atoms with Gasteiger partial charge in [0.25, 0.3) is 15.9 Å². The maximum atomic E-state index is 12.7. The highest BCUT2D eigenvalue weighted by Crippen LogP contribution is 2.21. The second-order valence-electron chi connectivity index (χ2n) is 7.12. The fourth-order valence-corrected chi connectivity index (χ4v) is 3.99. The molecule has 10 nitrogen and oxygen atoms in total. The van der Waals surface area contributed by atoms with E-state index in [0.29, 0.717) is 11.3 Å². The highest BCUT2D eigenvalue weighted by Gasteiger charge is 2.17. The number of benzene rings is 2. The maximum Gasteiger partial charge on any atom is 0.321 e. The van der Waals surface area contributed by atoms with Gasteiger partial charge in [0.1, 0.15) is 7.85 Å². The molecule has 0 aliphatic carbocycles. The highest BCUT2D eigenvalue weighted by molar-refractivity contribution is 7.92. The Bertz CT molecular complexity index is 1310. The molecule has 0 saturated carbocycles. The Morgan fingerprint density at radius 1 is 1.03 bits per heavy atom. The average molecular weight is 499 g/mol. The van der Waals surface area contributed by atoms with Gasteiger partial charge in [-0.3, -0.25) is 14.8 Å². The van der Waals surface area contributed by atoms with Gasteiger partial charge in [0.05, 0.1) is 19.1 Å². The van der Waals surface area contributed by atoms with Crippen LogP contribution in [0.3, 0.4) is 0 Å². The van der Waals surface area contributed by atoms with E-state index in [-0.39, 0.29) is 33.6 Å². The number of anilines is 2. The van der Waals surface area contributed by atoms with Gasteiger partial charge >= 0.3 is 6.01 Å². The molecule has 0 radical (unpaired) electrons. The zero-order valence-electron chi connectivity index (χ0n) is 18.9. The number of sulfonamides is 1. The quantitative estimate of drug-likeness (QED) is 0.322. The van der Waals surface area contributed by atoms with Gasteiger partial charge in [-0.25, -0.2) is 8.42 Å². The molecule has 0 atom stereocenters. The van der Waals surface area contributed by atoms with Crippen LogP contribution >= 0.6 is 12.2 Å². The predicted molar refractivity (Wildman–Crippen MR) is 135 cm³/mol. The van der Waals surface area contributed by atoms with Crippen molar-refractivity contribution in [1.82, 2.24) is 15.3 Å². The summed E-state index contributed by atoms with van der Waals surface area (Å²) in [5.41, 5.74) is 3.06. The monoisotopic (exact) mass is 499 g/mol. The normalized spacial score (nSPS) is 10.8. The molecule has 13 heteroatoms. The number of nitrogens with one attached hydrogen (secondary N) is 3. The van der Waals surface area contributed by atoms with Crippen LogP contribution in [0.25, 0.3) is 0 Å². The van der Waals surface area contributed by atoms with Crippen LogP contribution in [0.15, 0.2) is 53.4 Å². The molecule has 3 rings (SSSR count). The van der Waals surface area contributed by atoms with Crippen LogP contribution in [0.1, 0.15) is 15.9 Å². The van der Waals surface area contributed by atoms with E-state index in [1.54, 1.807) is 12.1 Å². The molecule has 3 aromatic rings. The molecule has 0 aliphatic rings. The molecule has 0 bridgehead atoms. The number of nitrogens with zero attached hydrogens (tertiary/aromatic N) is 2. The second-order valence-corrected chi connectivity index (χ2v) is 9.21. The molecular weight excluding hydrogens is 477 g/mol. The molecular formula is C21H22BN5O5S2. The van der Waals surface area contributed by atoms with E-state index in [0.717, 1.165) is 11.0 Å². The number of thiocarbonyl (C=S) groups is 1. The van der Waals surface area contributed by atoms with E-state index in [4.69, 9.17) is 21.7 Å². The Morgan fingerprint density at radius 3 is 2.35 bits per heavy atom. The number of hydrogen-bond acceptors (Lipinski definition) is 8. The molecule has 0 aliphatic heterocycles. The summed E-state index contributed by atoms with van der Waals surface area (Å²) in [6, 6.07) is 12.4. The summed E-state index contributed by atoms with van der Waals surface area (Å²) in [6.07, 6.45) is 0. The molecule has 34 heavy (non-hydrogen) atoms. The third kappa shape index (κ3) is 6.20. The summed E-state index contributed by atoms with van der Waals surface area (Å²) in [6.45, 7) is 1.96. The van der Waals surface area contributed by atoms with Crippen molar-refractivity contribution in [2.75, 3.05) is 24.3 Å². The van der Waals surface area contributed by atoms with Crippen LogP contribution in [0.4, 0.5) is 11.5 Å². The van der Waals surface area contributed by atoms with Crippen molar-refractivity contribution in [2.24, 2.45) is 0 Å². The molecule has 1 aromatic heterocycles. The summed E-state index contributed by atoms with van der Waals surface area (Å²) < 4.78 is 37.8. The SMILES string of the molecule is Bc1cc(C(=O)NC(=S)Nc2ccc(S(=O)(=O)Nc3cc(OC)nc(OC)n3)cc2)ccc1C. The fourth-order valence-electron chi connectivity index (χ4n) is 2.79. The second kappa shape index (κ2) is 10.5. The molecule has 1 amide bonds. The lowest BCUT2D eigenvalue weighted by atomic mass is 9.89. The first-order valence-electron chi connectivity index (χ1n) is 9.91. The van der Waals surface area contributed by atoms with Crippen LogP contribution in [-0.4, -0.2) is 51.5 Å². The molecule has 0 unspecified atom stereocenters. The number of amides is 1. The Labute approximate surface area is 203 Å². The van der Waals surface area contributed by atoms with E-state index < -0.39 is 10.0 Å². The lowest BCUT2D eigenvalue weighted by Gasteiger charge is -2.12. The zero-order valence-corrected chi connectivity index (χ0v) is 20.5. The van der Waals surface area contributed by atoms with Crippen LogP contribution in [-0.2, 0) is 10.0 Å². The van der Waals surface area contributed by atoms with Gasteiger partial charge in [0, 0.05) is 17.3 Å². The Kier molecular flexibility index (Phi) is 7.69. The fraction of sp³-hybridized carbons (Fsp3) is 0.143. The van der Waals surface area contributed by atoms with Gasteiger partial charge in [-0.05, 0) is 49.5 Å². The molecule has 1 heterocycles. The average Bonchev–Trinajstić information content (AvgIpc) is 2.80. The highest BCUT2D eigenvalue weighted by atomic mass is 32.2. The summed E-state index contributed by atoms with van der Waals surface area (Å²) in [5.74, 6) is -0.221. The molecule has 0 saturated heterocycles. The van der Waals surface area contributed by atoms with E-state index in [1.165, 1.54) is 44.6 Å². The predicted octanol–water partition coefficient (Wildman–Crippen LogP) is 0.988. The molecule has 0 fully saturated rings. The van der Waals surface area contributed by atoms with Crippen molar-refractivity contribution in [3.8, 4) is 11.9 Å². The first kappa shape index (κ1) is 24.9. The first-order valence-corrected chi connectivity index (χ1v) is 11.8. The largest absolute Gasteiger partial charge is 0.481 e. The summed E-state index contributed by atoms with van der Waals surface area (Å²) in [7, 11) is 0.713. The minimum absolute atomic E-state index is 0.0128. The topological polar surface area (TPSA) is 132 Å². The number of carbonyl (C=O) groups is 1. The summed E-state index contributed by atoms with van der Waals surface area (Å²) in [4.78, 5) is 20.3. The van der Waals surface area contributed by atoms with Crippen LogP contribution in [0.5, 0.6) is 11.9 Å². The van der Waals surface area contributed by atoms with Crippen molar-refractivity contribution in [3.05, 3.63) is 59.7 Å². The Balaban J connectivity index is 1.66. The number of aryl methyl sites for hydroxylation is 1. The van der Waals surface area contributed by atoms with E-state index in [1.807, 2.05) is 20.8 Å². The van der Waals surface area contributed by atoms with Gasteiger partial charge < -0.3 is 14.8 Å². The minimum Gasteiger partial charge on any atom is -0.481 e.